The van der Waals surface area contributed by atoms with Crippen LogP contribution in [0.5, 0.6) is 0 Å². The van der Waals surface area contributed by atoms with Crippen molar-refractivity contribution in [3.8, 4) is 0 Å². The molecule has 1 unspecified atom stereocenters. The summed E-state index contributed by atoms with van der Waals surface area (Å²) in [4.78, 5) is 27.0. The fourth-order valence-corrected chi connectivity index (χ4v) is 4.74. The quantitative estimate of drug-likeness (QED) is 0.609. The van der Waals surface area contributed by atoms with Gasteiger partial charge >= 0.3 is 0 Å². The first-order valence-corrected chi connectivity index (χ1v) is 10.6. The van der Waals surface area contributed by atoms with Gasteiger partial charge in [-0.05, 0) is 67.4 Å². The van der Waals surface area contributed by atoms with Crippen LogP contribution in [0.1, 0.15) is 32.4 Å². The maximum atomic E-state index is 13.1. The average Bonchev–Trinajstić information content (AvgIpc) is 3.10. The summed E-state index contributed by atoms with van der Waals surface area (Å²) >= 11 is 1.57. The molecule has 1 aliphatic heterocycles. The molecule has 0 spiro atoms. The van der Waals surface area contributed by atoms with Crippen molar-refractivity contribution in [3.63, 3.8) is 0 Å². The van der Waals surface area contributed by atoms with Gasteiger partial charge in [-0.3, -0.25) is 14.5 Å². The lowest BCUT2D eigenvalue weighted by Gasteiger charge is -2.26. The molecule has 0 saturated carbocycles. The minimum Gasteiger partial charge on any atom is -0.322 e. The van der Waals surface area contributed by atoms with E-state index >= 15 is 0 Å². The summed E-state index contributed by atoms with van der Waals surface area (Å²) in [7, 11) is 0. The highest BCUT2D eigenvalue weighted by atomic mass is 32.2. The van der Waals surface area contributed by atoms with Crippen molar-refractivity contribution in [2.75, 3.05) is 16.0 Å². The maximum Gasteiger partial charge on any atom is 0.255 e. The number of anilines is 2. The monoisotopic (exact) mass is 420 g/mol. The van der Waals surface area contributed by atoms with Crippen LogP contribution >= 0.6 is 11.8 Å². The maximum absolute atomic E-state index is 13.1. The molecular formula is C24H21FN2O2S. The zero-order chi connectivity index (χ0) is 21.3. The summed E-state index contributed by atoms with van der Waals surface area (Å²) in [5, 5.41) is 2.69. The molecule has 152 valence electrons. The summed E-state index contributed by atoms with van der Waals surface area (Å²) in [5.74, 6) is -0.223. The Morgan fingerprint density at radius 2 is 1.83 bits per heavy atom. The topological polar surface area (TPSA) is 49.4 Å². The molecule has 2 amide bonds. The third-order valence-electron chi connectivity index (χ3n) is 5.02. The van der Waals surface area contributed by atoms with Crippen LogP contribution in [0.15, 0.2) is 66.7 Å². The summed E-state index contributed by atoms with van der Waals surface area (Å²) in [6.07, 6.45) is 0. The minimum atomic E-state index is -0.386. The number of halogens is 1. The van der Waals surface area contributed by atoms with Crippen molar-refractivity contribution in [1.82, 2.24) is 0 Å². The number of thioether (sulfide) groups is 1. The van der Waals surface area contributed by atoms with E-state index in [-0.39, 0.29) is 23.0 Å². The van der Waals surface area contributed by atoms with E-state index in [4.69, 9.17) is 0 Å². The molecule has 30 heavy (non-hydrogen) atoms. The van der Waals surface area contributed by atoms with E-state index in [1.165, 1.54) is 24.3 Å². The molecular weight excluding hydrogens is 399 g/mol. The van der Waals surface area contributed by atoms with Gasteiger partial charge in [-0.1, -0.05) is 29.8 Å². The van der Waals surface area contributed by atoms with Crippen LogP contribution in [-0.4, -0.2) is 17.6 Å². The molecule has 6 heteroatoms. The van der Waals surface area contributed by atoms with E-state index in [9.17, 15) is 14.0 Å². The number of rotatable bonds is 4. The molecule has 3 aromatic carbocycles. The molecule has 1 aliphatic rings. The molecule has 0 aromatic heterocycles. The van der Waals surface area contributed by atoms with Crippen LogP contribution in [0.3, 0.4) is 0 Å². The van der Waals surface area contributed by atoms with E-state index in [1.807, 2.05) is 49.1 Å². The predicted molar refractivity (Wildman–Crippen MR) is 119 cm³/mol. The normalized spacial score (nSPS) is 16.0. The lowest BCUT2D eigenvalue weighted by molar-refractivity contribution is -0.115. The largest absolute Gasteiger partial charge is 0.322 e. The SMILES string of the molecule is Cc1ccc(N2C(=O)CSC2c2cccc(NC(=O)c3ccc(F)cc3)c2)c(C)c1. The van der Waals surface area contributed by atoms with Gasteiger partial charge in [0, 0.05) is 16.9 Å². The molecule has 1 fully saturated rings. The lowest BCUT2D eigenvalue weighted by atomic mass is 10.1. The molecule has 1 atom stereocenters. The Balaban J connectivity index is 1.60. The first-order chi connectivity index (χ1) is 14.4. The molecule has 0 aliphatic carbocycles. The highest BCUT2D eigenvalue weighted by molar-refractivity contribution is 8.00. The third-order valence-corrected chi connectivity index (χ3v) is 6.23. The van der Waals surface area contributed by atoms with Gasteiger partial charge in [-0.2, -0.15) is 0 Å². The smallest absolute Gasteiger partial charge is 0.255 e. The molecule has 4 rings (SSSR count). The number of carbonyl (C=O) groups is 2. The van der Waals surface area contributed by atoms with Crippen molar-refractivity contribution in [2.24, 2.45) is 0 Å². The van der Waals surface area contributed by atoms with E-state index in [0.29, 0.717) is 17.0 Å². The van der Waals surface area contributed by atoms with E-state index in [0.717, 1.165) is 22.4 Å². The summed E-state index contributed by atoms with van der Waals surface area (Å²) in [6.45, 7) is 4.04. The van der Waals surface area contributed by atoms with Gasteiger partial charge in [0.25, 0.3) is 5.91 Å². The summed E-state index contributed by atoms with van der Waals surface area (Å²) in [5.41, 5.74) is 5.05. The van der Waals surface area contributed by atoms with Crippen molar-refractivity contribution in [3.05, 3.63) is 94.8 Å². The molecule has 1 saturated heterocycles. The Hall–Kier alpha value is -3.12. The molecule has 1 heterocycles. The van der Waals surface area contributed by atoms with Gasteiger partial charge in [-0.15, -0.1) is 11.8 Å². The van der Waals surface area contributed by atoms with E-state index < -0.39 is 0 Å². The van der Waals surface area contributed by atoms with Crippen LogP contribution in [0.25, 0.3) is 0 Å². The molecule has 1 N–H and O–H groups in total. The first kappa shape index (κ1) is 20.2. The van der Waals surface area contributed by atoms with Gasteiger partial charge in [0.1, 0.15) is 11.2 Å². The standard InChI is InChI=1S/C24H21FN2O2S/c1-15-6-11-21(16(2)12-15)27-22(28)14-30-24(27)18-4-3-5-20(13-18)26-23(29)17-7-9-19(25)10-8-17/h3-13,24H,14H2,1-2H3,(H,26,29). The third kappa shape index (κ3) is 4.09. The number of hydrogen-bond acceptors (Lipinski definition) is 3. The number of aryl methyl sites for hydroxylation is 2. The Kier molecular flexibility index (Phi) is 5.59. The second-order valence-electron chi connectivity index (χ2n) is 7.30. The van der Waals surface area contributed by atoms with Crippen LogP contribution in [-0.2, 0) is 4.79 Å². The average molecular weight is 421 g/mol. The predicted octanol–water partition coefficient (Wildman–Crippen LogP) is 5.47. The van der Waals surface area contributed by atoms with Crippen LogP contribution < -0.4 is 10.2 Å². The van der Waals surface area contributed by atoms with Crippen LogP contribution in [0.2, 0.25) is 0 Å². The van der Waals surface area contributed by atoms with E-state index in [1.54, 1.807) is 17.8 Å². The Morgan fingerprint density at radius 3 is 2.57 bits per heavy atom. The number of hydrogen-bond donors (Lipinski definition) is 1. The summed E-state index contributed by atoms with van der Waals surface area (Å²) in [6, 6.07) is 19.0. The molecule has 3 aromatic rings. The van der Waals surface area contributed by atoms with Crippen LogP contribution in [0, 0.1) is 19.7 Å². The fraction of sp³-hybridized carbons (Fsp3) is 0.167. The highest BCUT2D eigenvalue weighted by Gasteiger charge is 2.34. The second kappa shape index (κ2) is 8.32. The van der Waals surface area contributed by atoms with Crippen molar-refractivity contribution in [1.29, 1.82) is 0 Å². The van der Waals surface area contributed by atoms with E-state index in [2.05, 4.69) is 11.4 Å². The van der Waals surface area contributed by atoms with Gasteiger partial charge in [-0.25, -0.2) is 4.39 Å². The van der Waals surface area contributed by atoms with Crippen molar-refractivity contribution < 1.29 is 14.0 Å². The number of nitrogens with zero attached hydrogens (tertiary/aromatic N) is 1. The number of amides is 2. The lowest BCUT2D eigenvalue weighted by Crippen LogP contribution is -2.28. The number of nitrogens with one attached hydrogen (secondary N) is 1. The van der Waals surface area contributed by atoms with Gasteiger partial charge in [0.05, 0.1) is 5.75 Å². The Labute approximate surface area is 179 Å². The number of carbonyl (C=O) groups excluding carboxylic acids is 2. The zero-order valence-electron chi connectivity index (χ0n) is 16.7. The number of benzene rings is 3. The van der Waals surface area contributed by atoms with Gasteiger partial charge in [0.2, 0.25) is 5.91 Å². The van der Waals surface area contributed by atoms with Gasteiger partial charge in [0.15, 0.2) is 0 Å². The van der Waals surface area contributed by atoms with Crippen LogP contribution in [0.4, 0.5) is 15.8 Å². The minimum absolute atomic E-state index is 0.0673. The van der Waals surface area contributed by atoms with Gasteiger partial charge < -0.3 is 5.32 Å². The zero-order valence-corrected chi connectivity index (χ0v) is 17.5. The van der Waals surface area contributed by atoms with Crippen molar-refractivity contribution >= 4 is 35.0 Å². The Bertz CT molecular complexity index is 1110. The van der Waals surface area contributed by atoms with Crippen molar-refractivity contribution in [2.45, 2.75) is 19.2 Å². The summed E-state index contributed by atoms with van der Waals surface area (Å²) < 4.78 is 13.1. The Morgan fingerprint density at radius 1 is 1.07 bits per heavy atom. The molecule has 0 bridgehead atoms. The first-order valence-electron chi connectivity index (χ1n) is 9.60. The highest BCUT2D eigenvalue weighted by Crippen LogP contribution is 2.43. The second-order valence-corrected chi connectivity index (χ2v) is 8.37. The molecule has 0 radical (unpaired) electrons. The molecule has 4 nitrogen and oxygen atoms in total. The fourth-order valence-electron chi connectivity index (χ4n) is 3.58.